The number of hydrogen-bond donors (Lipinski definition) is 2. The highest BCUT2D eigenvalue weighted by Gasteiger charge is 2.18. The van der Waals surface area contributed by atoms with Crippen LogP contribution in [0.3, 0.4) is 0 Å². The minimum atomic E-state index is 0.0832. The molecular weight excluding hydrogens is 540 g/mol. The zero-order valence-electron chi connectivity index (χ0n) is 27.0. The topological polar surface area (TPSA) is 108 Å². The second-order valence-electron chi connectivity index (χ2n) is 11.7. The van der Waals surface area contributed by atoms with Crippen molar-refractivity contribution in [2.24, 2.45) is 0 Å². The number of nitrogen functional groups attached to an aromatic ring is 1. The molecule has 9 nitrogen and oxygen atoms in total. The first-order chi connectivity index (χ1) is 21.0. The first-order valence-electron chi connectivity index (χ1n) is 16.8. The lowest BCUT2D eigenvalue weighted by Gasteiger charge is -2.16. The van der Waals surface area contributed by atoms with Crippen LogP contribution in [0.15, 0.2) is 24.3 Å². The van der Waals surface area contributed by atoms with Gasteiger partial charge in [-0.25, -0.2) is 9.97 Å². The molecule has 3 N–H and O–H groups in total. The molecule has 240 valence electrons. The summed E-state index contributed by atoms with van der Waals surface area (Å²) in [6.45, 7) is 8.20. The van der Waals surface area contributed by atoms with Crippen LogP contribution in [-0.2, 0) is 16.0 Å². The van der Waals surface area contributed by atoms with E-state index in [0.717, 1.165) is 61.0 Å². The average Bonchev–Trinajstić information content (AvgIpc) is 3.37. The van der Waals surface area contributed by atoms with Crippen LogP contribution in [0.25, 0.3) is 21.9 Å². The number of anilines is 1. The highest BCUT2D eigenvalue weighted by atomic mass is 16.7. The number of pyridine rings is 1. The summed E-state index contributed by atoms with van der Waals surface area (Å²) in [5.74, 6) is 1.33. The lowest BCUT2D eigenvalue weighted by molar-refractivity contribution is -0.121. The number of nitrogens with one attached hydrogen (secondary N) is 1. The lowest BCUT2D eigenvalue weighted by atomic mass is 10.1. The first-order valence-corrected chi connectivity index (χ1v) is 16.8. The molecule has 0 radical (unpaired) electrons. The molecule has 0 spiro atoms. The van der Waals surface area contributed by atoms with Crippen molar-refractivity contribution in [2.75, 3.05) is 52.2 Å². The number of nitrogens with zero attached hydrogens (tertiary/aromatic N) is 4. The van der Waals surface area contributed by atoms with Crippen molar-refractivity contribution in [1.82, 2.24) is 24.9 Å². The fraction of sp³-hybridized carbons (Fsp3) is 0.676. The second-order valence-corrected chi connectivity index (χ2v) is 11.7. The number of rotatable bonds is 24. The van der Waals surface area contributed by atoms with Crippen molar-refractivity contribution in [1.29, 1.82) is 0 Å². The third-order valence-corrected chi connectivity index (χ3v) is 7.90. The van der Waals surface area contributed by atoms with E-state index >= 15 is 0 Å². The molecule has 0 aliphatic carbocycles. The number of nitrogens with two attached hydrogens (primary N) is 1. The van der Waals surface area contributed by atoms with Gasteiger partial charge in [0.05, 0.1) is 18.7 Å². The van der Waals surface area contributed by atoms with E-state index in [2.05, 4.69) is 36.1 Å². The highest BCUT2D eigenvalue weighted by Crippen LogP contribution is 2.28. The minimum Gasteiger partial charge on any atom is -0.410 e. The summed E-state index contributed by atoms with van der Waals surface area (Å²) in [4.78, 5) is 30.1. The molecule has 9 heteroatoms. The molecule has 0 aliphatic heterocycles. The van der Waals surface area contributed by atoms with Gasteiger partial charge < -0.3 is 25.5 Å². The molecule has 1 aromatic carbocycles. The van der Waals surface area contributed by atoms with Crippen LogP contribution in [0.1, 0.15) is 103 Å². The Morgan fingerprint density at radius 3 is 2.35 bits per heavy atom. The molecule has 3 aromatic rings. The Hall–Kier alpha value is -2.91. The summed E-state index contributed by atoms with van der Waals surface area (Å²) in [5, 5.41) is 3.93. The van der Waals surface area contributed by atoms with E-state index in [4.69, 9.17) is 20.3 Å². The Kier molecular flexibility index (Phi) is 16.2. The van der Waals surface area contributed by atoms with Crippen molar-refractivity contribution < 1.29 is 14.4 Å². The standard InChI is InChI=1S/C34H56N6O3/c1-4-6-8-9-10-11-12-13-16-23-39(3)24-17-21-31(41)36-22-25-42-26-27-43-40-30(20-7-5-2)38-32-33(40)28-18-14-15-19-29(28)37-34(32)35/h14-15,18-19H,4-13,16-17,20-27H2,1-3H3,(H2,35,37)(H,36,41). The second kappa shape index (κ2) is 20.1. The van der Waals surface area contributed by atoms with E-state index in [1.807, 2.05) is 29.0 Å². The molecule has 0 fully saturated rings. The van der Waals surface area contributed by atoms with Crippen LogP contribution < -0.4 is 15.9 Å². The Morgan fingerprint density at radius 2 is 1.58 bits per heavy atom. The van der Waals surface area contributed by atoms with E-state index in [1.165, 1.54) is 57.8 Å². The number of imidazole rings is 1. The van der Waals surface area contributed by atoms with Crippen molar-refractivity contribution in [3.63, 3.8) is 0 Å². The third kappa shape index (κ3) is 11.9. The van der Waals surface area contributed by atoms with Gasteiger partial charge >= 0.3 is 0 Å². The predicted octanol–water partition coefficient (Wildman–Crippen LogP) is 6.31. The largest absolute Gasteiger partial charge is 0.410 e. The lowest BCUT2D eigenvalue weighted by Crippen LogP contribution is -2.29. The van der Waals surface area contributed by atoms with Crippen molar-refractivity contribution >= 4 is 33.7 Å². The van der Waals surface area contributed by atoms with Crippen molar-refractivity contribution in [3.05, 3.63) is 30.1 Å². The third-order valence-electron chi connectivity index (χ3n) is 7.90. The van der Waals surface area contributed by atoms with E-state index in [0.29, 0.717) is 44.1 Å². The van der Waals surface area contributed by atoms with Crippen LogP contribution >= 0.6 is 0 Å². The Labute approximate surface area is 258 Å². The molecule has 3 rings (SSSR count). The molecule has 1 amide bonds. The fourth-order valence-corrected chi connectivity index (χ4v) is 5.41. The number of amides is 1. The summed E-state index contributed by atoms with van der Waals surface area (Å²) in [6.07, 6.45) is 16.4. The van der Waals surface area contributed by atoms with Crippen LogP contribution in [-0.4, -0.2) is 72.0 Å². The number of aromatic nitrogens is 3. The quantitative estimate of drug-likeness (QED) is 0.117. The zero-order chi connectivity index (χ0) is 30.7. The van der Waals surface area contributed by atoms with Gasteiger partial charge in [-0.05, 0) is 45.5 Å². The van der Waals surface area contributed by atoms with Crippen LogP contribution in [0.2, 0.25) is 0 Å². The van der Waals surface area contributed by atoms with E-state index < -0.39 is 0 Å². The van der Waals surface area contributed by atoms with Gasteiger partial charge in [0.15, 0.2) is 5.82 Å². The van der Waals surface area contributed by atoms with Crippen LogP contribution in [0.5, 0.6) is 0 Å². The molecule has 0 unspecified atom stereocenters. The number of aryl methyl sites for hydroxylation is 1. The smallest absolute Gasteiger partial charge is 0.220 e. The molecule has 0 aliphatic rings. The fourth-order valence-electron chi connectivity index (χ4n) is 5.41. The van der Waals surface area contributed by atoms with E-state index in [9.17, 15) is 4.79 Å². The normalized spacial score (nSPS) is 11.6. The molecule has 0 atom stereocenters. The van der Waals surface area contributed by atoms with Gasteiger partial charge in [0.2, 0.25) is 5.91 Å². The number of fused-ring (bicyclic) bond motifs is 3. The summed E-state index contributed by atoms with van der Waals surface area (Å²) in [5.41, 5.74) is 8.59. The van der Waals surface area contributed by atoms with Gasteiger partial charge in [0.1, 0.15) is 23.5 Å². The number of carbonyl (C=O) groups excluding carboxylic acids is 1. The van der Waals surface area contributed by atoms with Gasteiger partial charge in [-0.3, -0.25) is 4.79 Å². The summed E-state index contributed by atoms with van der Waals surface area (Å²) >= 11 is 0. The predicted molar refractivity (Wildman–Crippen MR) is 177 cm³/mol. The number of carbonyl (C=O) groups is 1. The number of ether oxygens (including phenoxy) is 1. The molecule has 0 saturated heterocycles. The first kappa shape index (κ1) is 34.6. The van der Waals surface area contributed by atoms with Gasteiger partial charge in [0.25, 0.3) is 0 Å². The van der Waals surface area contributed by atoms with Gasteiger partial charge in [-0.2, -0.15) is 4.73 Å². The van der Waals surface area contributed by atoms with Crippen molar-refractivity contribution in [3.8, 4) is 0 Å². The van der Waals surface area contributed by atoms with Crippen LogP contribution in [0.4, 0.5) is 5.82 Å². The van der Waals surface area contributed by atoms with Gasteiger partial charge in [0, 0.05) is 24.8 Å². The van der Waals surface area contributed by atoms with Gasteiger partial charge in [-0.1, -0.05) is 89.8 Å². The molecule has 2 heterocycles. The van der Waals surface area contributed by atoms with E-state index in [-0.39, 0.29) is 5.91 Å². The molecule has 43 heavy (non-hydrogen) atoms. The van der Waals surface area contributed by atoms with E-state index in [1.54, 1.807) is 0 Å². The number of para-hydroxylation sites is 1. The number of benzene rings is 1. The molecule has 0 saturated carbocycles. The summed E-state index contributed by atoms with van der Waals surface area (Å²) in [6, 6.07) is 7.90. The Morgan fingerprint density at radius 1 is 0.884 bits per heavy atom. The minimum absolute atomic E-state index is 0.0832. The van der Waals surface area contributed by atoms with Crippen molar-refractivity contribution in [2.45, 2.75) is 104 Å². The molecular formula is C34H56N6O3. The Balaban J connectivity index is 1.27. The number of hydrogen-bond acceptors (Lipinski definition) is 7. The zero-order valence-corrected chi connectivity index (χ0v) is 27.0. The van der Waals surface area contributed by atoms with Gasteiger partial charge in [-0.15, -0.1) is 0 Å². The average molecular weight is 597 g/mol. The monoisotopic (exact) mass is 596 g/mol. The SMILES string of the molecule is CCCCCCCCCCCN(C)CCCC(=O)NCCOCCOn1c(CCCC)nc2c(N)nc3ccccc3c21. The summed E-state index contributed by atoms with van der Waals surface area (Å²) in [7, 11) is 2.16. The Bertz CT molecular complexity index is 1210. The maximum Gasteiger partial charge on any atom is 0.220 e. The summed E-state index contributed by atoms with van der Waals surface area (Å²) < 4.78 is 7.56. The molecule has 2 aromatic heterocycles. The maximum atomic E-state index is 12.2. The highest BCUT2D eigenvalue weighted by molar-refractivity contribution is 6.06. The van der Waals surface area contributed by atoms with Crippen LogP contribution in [0, 0.1) is 0 Å². The molecule has 0 bridgehead atoms. The maximum absolute atomic E-state index is 12.2. The number of unbranched alkanes of at least 4 members (excludes halogenated alkanes) is 9.